The summed E-state index contributed by atoms with van der Waals surface area (Å²) in [7, 11) is 0. The molecule has 0 spiro atoms. The molecule has 1 aliphatic carbocycles. The van der Waals surface area contributed by atoms with Crippen LogP contribution in [-0.2, 0) is 4.74 Å². The van der Waals surface area contributed by atoms with Gasteiger partial charge >= 0.3 is 0 Å². The van der Waals surface area contributed by atoms with Crippen LogP contribution >= 0.6 is 0 Å². The predicted octanol–water partition coefficient (Wildman–Crippen LogP) is 2.19. The maximum absolute atomic E-state index is 5.27. The lowest BCUT2D eigenvalue weighted by atomic mass is 9.81. The first-order chi connectivity index (χ1) is 6.33. The van der Waals surface area contributed by atoms with E-state index in [2.05, 4.69) is 12.2 Å². The highest BCUT2D eigenvalue weighted by atomic mass is 16.5. The van der Waals surface area contributed by atoms with Crippen LogP contribution in [0.3, 0.4) is 0 Å². The van der Waals surface area contributed by atoms with Crippen LogP contribution < -0.4 is 5.32 Å². The van der Waals surface area contributed by atoms with E-state index in [-0.39, 0.29) is 0 Å². The Morgan fingerprint density at radius 1 is 1.46 bits per heavy atom. The maximum atomic E-state index is 5.27. The van der Waals surface area contributed by atoms with Crippen molar-refractivity contribution >= 4 is 0 Å². The minimum atomic E-state index is 0.672. The van der Waals surface area contributed by atoms with E-state index in [9.17, 15) is 0 Å². The van der Waals surface area contributed by atoms with E-state index in [1.165, 1.54) is 25.7 Å². The molecule has 78 valence electrons. The molecule has 0 aromatic heterocycles. The first kappa shape index (κ1) is 11.0. The number of hydrogen-bond donors (Lipinski definition) is 1. The maximum Gasteiger partial charge on any atom is 0.0590 e. The lowest BCUT2D eigenvalue weighted by molar-refractivity contribution is 0.145. The molecule has 0 aromatic carbocycles. The van der Waals surface area contributed by atoms with Gasteiger partial charge in [0.2, 0.25) is 0 Å². The van der Waals surface area contributed by atoms with Crippen LogP contribution in [0.4, 0.5) is 0 Å². The Morgan fingerprint density at radius 2 is 2.23 bits per heavy atom. The number of rotatable bonds is 7. The standard InChI is InChI=1S/C11H23NO/c1-3-13-8-7-12-10(2)9-11-5-4-6-11/h10-12H,3-9H2,1-2H3. The van der Waals surface area contributed by atoms with E-state index in [1.54, 1.807) is 0 Å². The van der Waals surface area contributed by atoms with Gasteiger partial charge in [-0.15, -0.1) is 0 Å². The Balaban J connectivity index is 1.87. The molecule has 0 radical (unpaired) electrons. The van der Waals surface area contributed by atoms with Gasteiger partial charge in [0.25, 0.3) is 0 Å². The summed E-state index contributed by atoms with van der Waals surface area (Å²) < 4.78 is 5.27. The number of nitrogens with one attached hydrogen (secondary N) is 1. The van der Waals surface area contributed by atoms with Crippen LogP contribution in [0.15, 0.2) is 0 Å². The smallest absolute Gasteiger partial charge is 0.0590 e. The molecule has 1 unspecified atom stereocenters. The Labute approximate surface area is 82.0 Å². The monoisotopic (exact) mass is 185 g/mol. The van der Waals surface area contributed by atoms with E-state index in [1.807, 2.05) is 6.92 Å². The number of hydrogen-bond acceptors (Lipinski definition) is 2. The molecule has 1 atom stereocenters. The van der Waals surface area contributed by atoms with Crippen molar-refractivity contribution in [3.63, 3.8) is 0 Å². The molecule has 13 heavy (non-hydrogen) atoms. The summed E-state index contributed by atoms with van der Waals surface area (Å²) in [5.74, 6) is 1.01. The van der Waals surface area contributed by atoms with Gasteiger partial charge in [-0.3, -0.25) is 0 Å². The van der Waals surface area contributed by atoms with Gasteiger partial charge in [-0.1, -0.05) is 19.3 Å². The van der Waals surface area contributed by atoms with Crippen molar-refractivity contribution in [1.29, 1.82) is 0 Å². The van der Waals surface area contributed by atoms with Gasteiger partial charge in [0, 0.05) is 19.2 Å². The Bertz CT molecular complexity index is 123. The first-order valence-corrected chi connectivity index (χ1v) is 5.64. The fourth-order valence-electron chi connectivity index (χ4n) is 1.83. The highest BCUT2D eigenvalue weighted by Crippen LogP contribution is 2.30. The molecule has 1 rings (SSSR count). The average molecular weight is 185 g/mol. The van der Waals surface area contributed by atoms with Gasteiger partial charge < -0.3 is 10.1 Å². The second-order valence-electron chi connectivity index (χ2n) is 4.08. The van der Waals surface area contributed by atoms with E-state index >= 15 is 0 Å². The quantitative estimate of drug-likeness (QED) is 0.614. The molecule has 0 amide bonds. The molecule has 2 nitrogen and oxygen atoms in total. The van der Waals surface area contributed by atoms with Crippen LogP contribution in [0.25, 0.3) is 0 Å². The second kappa shape index (κ2) is 6.39. The zero-order valence-corrected chi connectivity index (χ0v) is 9.01. The number of ether oxygens (including phenoxy) is 1. The molecule has 0 bridgehead atoms. The highest BCUT2D eigenvalue weighted by Gasteiger charge is 2.19. The molecule has 0 aromatic rings. The van der Waals surface area contributed by atoms with Crippen molar-refractivity contribution in [2.24, 2.45) is 5.92 Å². The van der Waals surface area contributed by atoms with Gasteiger partial charge in [0.1, 0.15) is 0 Å². The van der Waals surface area contributed by atoms with Crippen LogP contribution in [0.5, 0.6) is 0 Å². The molecule has 1 aliphatic rings. The predicted molar refractivity (Wildman–Crippen MR) is 55.9 cm³/mol. The third kappa shape index (κ3) is 4.63. The summed E-state index contributed by atoms with van der Waals surface area (Å²) >= 11 is 0. The van der Waals surface area contributed by atoms with Crippen molar-refractivity contribution in [3.05, 3.63) is 0 Å². The molecule has 1 saturated carbocycles. The lowest BCUT2D eigenvalue weighted by Crippen LogP contribution is -2.32. The molecule has 2 heteroatoms. The van der Waals surface area contributed by atoms with Crippen LogP contribution in [0, 0.1) is 5.92 Å². The zero-order valence-electron chi connectivity index (χ0n) is 9.01. The highest BCUT2D eigenvalue weighted by molar-refractivity contribution is 4.74. The average Bonchev–Trinajstić information content (AvgIpc) is 2.06. The van der Waals surface area contributed by atoms with Gasteiger partial charge in [-0.05, 0) is 26.2 Å². The second-order valence-corrected chi connectivity index (χ2v) is 4.08. The van der Waals surface area contributed by atoms with Gasteiger partial charge in [-0.25, -0.2) is 0 Å². The molecular formula is C11H23NO. The van der Waals surface area contributed by atoms with Crippen molar-refractivity contribution in [2.45, 2.75) is 45.6 Å². The van der Waals surface area contributed by atoms with Gasteiger partial charge in [0.05, 0.1) is 6.61 Å². The zero-order chi connectivity index (χ0) is 9.52. The molecule has 1 fully saturated rings. The summed E-state index contributed by atoms with van der Waals surface area (Å²) in [6, 6.07) is 0.672. The summed E-state index contributed by atoms with van der Waals surface area (Å²) in [4.78, 5) is 0. The fourth-order valence-corrected chi connectivity index (χ4v) is 1.83. The summed E-state index contributed by atoms with van der Waals surface area (Å²) in [6.07, 6.45) is 5.72. The SMILES string of the molecule is CCOCCNC(C)CC1CCC1. The van der Waals surface area contributed by atoms with E-state index in [0.717, 1.165) is 25.7 Å². The Morgan fingerprint density at radius 3 is 2.77 bits per heavy atom. The summed E-state index contributed by atoms with van der Waals surface area (Å²) in [5, 5.41) is 3.49. The lowest BCUT2D eigenvalue weighted by Gasteiger charge is -2.28. The normalized spacial score (nSPS) is 19.8. The molecule has 0 aliphatic heterocycles. The first-order valence-electron chi connectivity index (χ1n) is 5.64. The largest absolute Gasteiger partial charge is 0.380 e. The van der Waals surface area contributed by atoms with Crippen LogP contribution in [0.1, 0.15) is 39.5 Å². The van der Waals surface area contributed by atoms with Crippen LogP contribution in [-0.4, -0.2) is 25.8 Å². The fraction of sp³-hybridized carbons (Fsp3) is 1.00. The third-order valence-electron chi connectivity index (χ3n) is 2.85. The van der Waals surface area contributed by atoms with Crippen LogP contribution in [0.2, 0.25) is 0 Å². The molecule has 0 heterocycles. The van der Waals surface area contributed by atoms with Gasteiger partial charge in [0.15, 0.2) is 0 Å². The third-order valence-corrected chi connectivity index (χ3v) is 2.85. The van der Waals surface area contributed by atoms with Crippen molar-refractivity contribution < 1.29 is 4.74 Å². The van der Waals surface area contributed by atoms with Crippen molar-refractivity contribution in [2.75, 3.05) is 19.8 Å². The topological polar surface area (TPSA) is 21.3 Å². The van der Waals surface area contributed by atoms with E-state index in [4.69, 9.17) is 4.74 Å². The summed E-state index contributed by atoms with van der Waals surface area (Å²) in [5.41, 5.74) is 0. The van der Waals surface area contributed by atoms with Crippen molar-refractivity contribution in [1.82, 2.24) is 5.32 Å². The molecule has 1 N–H and O–H groups in total. The van der Waals surface area contributed by atoms with Gasteiger partial charge in [-0.2, -0.15) is 0 Å². The van der Waals surface area contributed by atoms with E-state index in [0.29, 0.717) is 6.04 Å². The van der Waals surface area contributed by atoms with Crippen molar-refractivity contribution in [3.8, 4) is 0 Å². The Hall–Kier alpha value is -0.0800. The molecule has 0 saturated heterocycles. The summed E-state index contributed by atoms with van der Waals surface area (Å²) in [6.45, 7) is 7.01. The minimum Gasteiger partial charge on any atom is -0.380 e. The Kier molecular flexibility index (Phi) is 5.40. The molecular weight excluding hydrogens is 162 g/mol. The minimum absolute atomic E-state index is 0.672. The van der Waals surface area contributed by atoms with E-state index < -0.39 is 0 Å².